The number of sulfonamides is 1. The Morgan fingerprint density at radius 3 is 2.40 bits per heavy atom. The molecular weight excluding hydrogens is 274 g/mol. The smallest absolute Gasteiger partial charge is 0.246 e. The average Bonchev–Trinajstić information content (AvgIpc) is 2.93. The number of H-pyrrole nitrogens is 1. The molecule has 0 saturated heterocycles. The maximum Gasteiger partial charge on any atom is 0.246 e. The van der Waals surface area contributed by atoms with Crippen LogP contribution in [-0.2, 0) is 16.6 Å². The lowest BCUT2D eigenvalue weighted by molar-refractivity contribution is 0.466. The summed E-state index contributed by atoms with van der Waals surface area (Å²) in [4.78, 5) is 0.179. The number of aromatic amines is 1. The molecule has 0 atom stereocenters. The molecular formula is C14H19N3O2S. The van der Waals surface area contributed by atoms with Crippen molar-refractivity contribution in [2.24, 2.45) is 0 Å². The average molecular weight is 293 g/mol. The van der Waals surface area contributed by atoms with Crippen molar-refractivity contribution >= 4 is 10.0 Å². The lowest BCUT2D eigenvalue weighted by Gasteiger charge is -2.16. The molecule has 0 bridgehead atoms. The van der Waals surface area contributed by atoms with Crippen LogP contribution in [0, 0.1) is 0 Å². The Morgan fingerprint density at radius 2 is 1.90 bits per heavy atom. The molecule has 0 unspecified atom stereocenters. The molecule has 0 spiro atoms. The molecule has 2 aromatic rings. The molecule has 0 radical (unpaired) electrons. The van der Waals surface area contributed by atoms with E-state index in [0.717, 1.165) is 5.56 Å². The van der Waals surface area contributed by atoms with E-state index in [1.807, 2.05) is 24.3 Å². The topological polar surface area (TPSA) is 66.1 Å². The van der Waals surface area contributed by atoms with Crippen LogP contribution in [0.5, 0.6) is 0 Å². The highest BCUT2D eigenvalue weighted by Crippen LogP contribution is 2.18. The van der Waals surface area contributed by atoms with Gasteiger partial charge in [0.1, 0.15) is 4.90 Å². The van der Waals surface area contributed by atoms with Crippen molar-refractivity contribution in [2.75, 3.05) is 7.05 Å². The fourth-order valence-corrected chi connectivity index (χ4v) is 2.98. The van der Waals surface area contributed by atoms with Crippen molar-refractivity contribution in [3.63, 3.8) is 0 Å². The predicted molar refractivity (Wildman–Crippen MR) is 77.8 cm³/mol. The summed E-state index contributed by atoms with van der Waals surface area (Å²) in [5.74, 6) is 0.469. The van der Waals surface area contributed by atoms with Gasteiger partial charge in [0.2, 0.25) is 10.0 Å². The Bertz CT molecular complexity index is 646. The van der Waals surface area contributed by atoms with E-state index in [0.29, 0.717) is 12.5 Å². The first-order valence-electron chi connectivity index (χ1n) is 6.45. The Balaban J connectivity index is 2.14. The molecule has 2 rings (SSSR count). The van der Waals surface area contributed by atoms with Crippen LogP contribution in [0.4, 0.5) is 0 Å². The number of nitrogens with zero attached hydrogens (tertiary/aromatic N) is 2. The molecule has 0 aliphatic carbocycles. The van der Waals surface area contributed by atoms with Gasteiger partial charge in [0.25, 0.3) is 0 Å². The van der Waals surface area contributed by atoms with E-state index in [2.05, 4.69) is 24.0 Å². The monoisotopic (exact) mass is 293 g/mol. The number of hydrogen-bond donors (Lipinski definition) is 1. The second-order valence-corrected chi connectivity index (χ2v) is 7.14. The van der Waals surface area contributed by atoms with Gasteiger partial charge in [0, 0.05) is 19.8 Å². The molecule has 1 N–H and O–H groups in total. The normalized spacial score (nSPS) is 12.2. The summed E-state index contributed by atoms with van der Waals surface area (Å²) in [7, 11) is -1.91. The first-order chi connectivity index (χ1) is 9.41. The molecule has 0 aliphatic heterocycles. The van der Waals surface area contributed by atoms with Gasteiger partial charge in [-0.15, -0.1) is 0 Å². The Labute approximate surface area is 119 Å². The zero-order valence-electron chi connectivity index (χ0n) is 11.9. The van der Waals surface area contributed by atoms with E-state index in [1.165, 1.54) is 22.3 Å². The minimum absolute atomic E-state index is 0.179. The van der Waals surface area contributed by atoms with Crippen molar-refractivity contribution in [2.45, 2.75) is 31.2 Å². The Hall–Kier alpha value is -1.66. The van der Waals surface area contributed by atoms with Gasteiger partial charge in [-0.25, -0.2) is 8.42 Å². The fraction of sp³-hybridized carbons (Fsp3) is 0.357. The summed E-state index contributed by atoms with van der Waals surface area (Å²) in [6.45, 7) is 4.60. The Morgan fingerprint density at radius 1 is 1.25 bits per heavy atom. The lowest BCUT2D eigenvalue weighted by atomic mass is 10.0. The van der Waals surface area contributed by atoms with Gasteiger partial charge in [0.05, 0.1) is 6.20 Å². The largest absolute Gasteiger partial charge is 0.284 e. The van der Waals surface area contributed by atoms with Crippen LogP contribution < -0.4 is 0 Å². The van der Waals surface area contributed by atoms with E-state index in [-0.39, 0.29) is 4.90 Å². The van der Waals surface area contributed by atoms with Gasteiger partial charge in [0.15, 0.2) is 0 Å². The lowest BCUT2D eigenvalue weighted by Crippen LogP contribution is -2.26. The second kappa shape index (κ2) is 5.76. The summed E-state index contributed by atoms with van der Waals surface area (Å²) in [5.41, 5.74) is 2.21. The van der Waals surface area contributed by atoms with Crippen LogP contribution >= 0.6 is 0 Å². The number of nitrogens with one attached hydrogen (secondary N) is 1. The van der Waals surface area contributed by atoms with Gasteiger partial charge < -0.3 is 0 Å². The molecule has 0 aliphatic rings. The number of benzene rings is 1. The molecule has 1 heterocycles. The summed E-state index contributed by atoms with van der Waals surface area (Å²) in [6, 6.07) is 8.02. The first-order valence-corrected chi connectivity index (χ1v) is 7.89. The standard InChI is InChI=1S/C14H19N3O2S/c1-11(2)13-6-4-12(5-7-13)10-17(3)20(18,19)14-8-15-16-9-14/h4-9,11H,10H2,1-3H3,(H,15,16). The minimum Gasteiger partial charge on any atom is -0.284 e. The van der Waals surface area contributed by atoms with E-state index in [4.69, 9.17) is 0 Å². The Kier molecular flexibility index (Phi) is 4.25. The van der Waals surface area contributed by atoms with Crippen molar-refractivity contribution in [1.29, 1.82) is 0 Å². The number of aromatic nitrogens is 2. The predicted octanol–water partition coefficient (Wildman–Crippen LogP) is 2.35. The van der Waals surface area contributed by atoms with Crippen molar-refractivity contribution < 1.29 is 8.42 Å². The summed E-state index contributed by atoms with van der Waals surface area (Å²) in [5, 5.41) is 6.20. The zero-order valence-corrected chi connectivity index (χ0v) is 12.7. The maximum absolute atomic E-state index is 12.2. The molecule has 0 amide bonds. The van der Waals surface area contributed by atoms with Crippen LogP contribution in [0.15, 0.2) is 41.6 Å². The van der Waals surface area contributed by atoms with Crippen molar-refractivity contribution in [3.05, 3.63) is 47.8 Å². The molecule has 6 heteroatoms. The third kappa shape index (κ3) is 3.08. The molecule has 20 heavy (non-hydrogen) atoms. The summed E-state index contributed by atoms with van der Waals surface area (Å²) in [6.07, 6.45) is 2.70. The van der Waals surface area contributed by atoms with Crippen molar-refractivity contribution in [3.8, 4) is 0 Å². The van der Waals surface area contributed by atoms with E-state index >= 15 is 0 Å². The van der Waals surface area contributed by atoms with Gasteiger partial charge in [-0.3, -0.25) is 5.10 Å². The highest BCUT2D eigenvalue weighted by molar-refractivity contribution is 7.89. The summed E-state index contributed by atoms with van der Waals surface area (Å²) >= 11 is 0. The summed E-state index contributed by atoms with van der Waals surface area (Å²) < 4.78 is 25.8. The van der Waals surface area contributed by atoms with Gasteiger partial charge in [-0.1, -0.05) is 38.1 Å². The third-order valence-corrected chi connectivity index (χ3v) is 5.00. The van der Waals surface area contributed by atoms with E-state index in [9.17, 15) is 8.42 Å². The number of hydrogen-bond acceptors (Lipinski definition) is 3. The van der Waals surface area contributed by atoms with Crippen LogP contribution in [0.2, 0.25) is 0 Å². The molecule has 108 valence electrons. The molecule has 0 saturated carbocycles. The van der Waals surface area contributed by atoms with Crippen LogP contribution in [0.25, 0.3) is 0 Å². The van der Waals surface area contributed by atoms with E-state index in [1.54, 1.807) is 7.05 Å². The van der Waals surface area contributed by atoms with Crippen LogP contribution in [0.1, 0.15) is 30.9 Å². The van der Waals surface area contributed by atoms with Gasteiger partial charge in [-0.05, 0) is 17.0 Å². The number of rotatable bonds is 5. The fourth-order valence-electron chi connectivity index (χ4n) is 1.91. The highest BCUT2D eigenvalue weighted by Gasteiger charge is 2.21. The maximum atomic E-state index is 12.2. The van der Waals surface area contributed by atoms with Crippen LogP contribution in [0.3, 0.4) is 0 Å². The zero-order chi connectivity index (χ0) is 14.8. The van der Waals surface area contributed by atoms with Gasteiger partial charge in [-0.2, -0.15) is 9.40 Å². The SMILES string of the molecule is CC(C)c1ccc(CN(C)S(=O)(=O)c2cn[nH]c2)cc1. The molecule has 5 nitrogen and oxygen atoms in total. The minimum atomic E-state index is -3.48. The third-order valence-electron chi connectivity index (χ3n) is 3.23. The first kappa shape index (κ1) is 14.7. The highest BCUT2D eigenvalue weighted by atomic mass is 32.2. The molecule has 1 aromatic heterocycles. The molecule has 1 aromatic carbocycles. The van der Waals surface area contributed by atoms with Crippen LogP contribution in [-0.4, -0.2) is 30.0 Å². The van der Waals surface area contributed by atoms with Crippen molar-refractivity contribution in [1.82, 2.24) is 14.5 Å². The van der Waals surface area contributed by atoms with Gasteiger partial charge >= 0.3 is 0 Å². The van der Waals surface area contributed by atoms with E-state index < -0.39 is 10.0 Å². The molecule has 0 fully saturated rings. The quantitative estimate of drug-likeness (QED) is 0.920. The second-order valence-electron chi connectivity index (χ2n) is 5.09.